The fourth-order valence-electron chi connectivity index (χ4n) is 1.26. The Morgan fingerprint density at radius 3 is 2.62 bits per heavy atom. The summed E-state index contributed by atoms with van der Waals surface area (Å²) in [5.74, 6) is 0. The Hall–Kier alpha value is -0.620. The minimum Gasteiger partial charge on any atom is -0.277 e. The zero-order valence-corrected chi connectivity index (χ0v) is 11.9. The summed E-state index contributed by atoms with van der Waals surface area (Å²) in [5, 5.41) is 4.01. The van der Waals surface area contributed by atoms with Crippen LogP contribution in [-0.2, 0) is 4.79 Å². The standard InChI is InChI=1S/C11H12ClIN2O/c1-11(2,12)10(15-14-7-16)8-5-3-4-6-9(8)13/h3-7H,1-2H3,(H,14,16). The summed E-state index contributed by atoms with van der Waals surface area (Å²) in [4.78, 5) is 9.65. The van der Waals surface area contributed by atoms with E-state index in [0.717, 1.165) is 9.13 Å². The van der Waals surface area contributed by atoms with Crippen molar-refractivity contribution >= 4 is 46.3 Å². The van der Waals surface area contributed by atoms with E-state index < -0.39 is 4.87 Å². The number of carbonyl (C=O) groups is 1. The molecule has 0 aliphatic rings. The molecular formula is C11H12ClIN2O. The molecule has 1 amide bonds. The van der Waals surface area contributed by atoms with Crippen LogP contribution in [0.2, 0.25) is 0 Å². The van der Waals surface area contributed by atoms with Crippen LogP contribution in [0.1, 0.15) is 19.4 Å². The molecule has 0 saturated carbocycles. The van der Waals surface area contributed by atoms with E-state index in [2.05, 4.69) is 33.1 Å². The van der Waals surface area contributed by atoms with Gasteiger partial charge in [-0.2, -0.15) is 5.10 Å². The van der Waals surface area contributed by atoms with Crippen molar-refractivity contribution in [2.75, 3.05) is 0 Å². The Kier molecular flexibility index (Phi) is 4.73. The minimum absolute atomic E-state index is 0.526. The molecule has 3 nitrogen and oxygen atoms in total. The van der Waals surface area contributed by atoms with E-state index >= 15 is 0 Å². The molecule has 0 bridgehead atoms. The van der Waals surface area contributed by atoms with Gasteiger partial charge >= 0.3 is 0 Å². The highest BCUT2D eigenvalue weighted by molar-refractivity contribution is 14.1. The van der Waals surface area contributed by atoms with Gasteiger partial charge in [0, 0.05) is 9.13 Å². The molecule has 0 radical (unpaired) electrons. The van der Waals surface area contributed by atoms with Crippen LogP contribution in [0.4, 0.5) is 0 Å². The highest BCUT2D eigenvalue weighted by Gasteiger charge is 2.25. The van der Waals surface area contributed by atoms with Crippen molar-refractivity contribution in [3.05, 3.63) is 33.4 Å². The molecule has 0 aliphatic heterocycles. The van der Waals surface area contributed by atoms with Crippen LogP contribution in [0.3, 0.4) is 0 Å². The Bertz CT molecular complexity index is 413. The molecule has 0 aromatic heterocycles. The number of amides is 1. The minimum atomic E-state index is -0.642. The smallest absolute Gasteiger partial charge is 0.227 e. The second-order valence-corrected chi connectivity index (χ2v) is 5.77. The van der Waals surface area contributed by atoms with Crippen molar-refractivity contribution in [3.63, 3.8) is 0 Å². The number of halogens is 2. The number of nitrogens with one attached hydrogen (secondary N) is 1. The number of hydrogen-bond donors (Lipinski definition) is 1. The average molecular weight is 351 g/mol. The van der Waals surface area contributed by atoms with Crippen molar-refractivity contribution < 1.29 is 4.79 Å². The van der Waals surface area contributed by atoms with E-state index in [0.29, 0.717) is 12.1 Å². The lowest BCUT2D eigenvalue weighted by atomic mass is 9.99. The summed E-state index contributed by atoms with van der Waals surface area (Å²) in [6.07, 6.45) is 0.526. The number of rotatable bonds is 4. The molecule has 0 unspecified atom stereocenters. The molecule has 86 valence electrons. The lowest BCUT2D eigenvalue weighted by Crippen LogP contribution is -2.29. The molecule has 1 aromatic rings. The Morgan fingerprint density at radius 2 is 2.12 bits per heavy atom. The van der Waals surface area contributed by atoms with Crippen LogP contribution in [0, 0.1) is 3.57 Å². The fraction of sp³-hybridized carbons (Fsp3) is 0.273. The number of nitrogens with zero attached hydrogens (tertiary/aromatic N) is 1. The summed E-state index contributed by atoms with van der Waals surface area (Å²) in [6, 6.07) is 7.75. The van der Waals surface area contributed by atoms with Gasteiger partial charge < -0.3 is 0 Å². The number of alkyl halides is 1. The quantitative estimate of drug-likeness (QED) is 0.293. The molecule has 0 spiro atoms. The first-order valence-corrected chi connectivity index (χ1v) is 6.13. The number of hydrogen-bond acceptors (Lipinski definition) is 2. The van der Waals surface area contributed by atoms with Gasteiger partial charge in [0.05, 0.1) is 10.6 Å². The molecule has 0 saturated heterocycles. The predicted octanol–water partition coefficient (Wildman–Crippen LogP) is 2.76. The molecule has 0 aliphatic carbocycles. The monoisotopic (exact) mass is 350 g/mol. The van der Waals surface area contributed by atoms with Gasteiger partial charge in [0.25, 0.3) is 0 Å². The fourth-order valence-corrected chi connectivity index (χ4v) is 2.04. The third-order valence-corrected chi connectivity index (χ3v) is 3.04. The summed E-state index contributed by atoms with van der Waals surface area (Å²) in [5.41, 5.74) is 3.87. The van der Waals surface area contributed by atoms with Crippen molar-refractivity contribution in [2.45, 2.75) is 18.7 Å². The van der Waals surface area contributed by atoms with E-state index in [1.807, 2.05) is 38.1 Å². The molecule has 1 rings (SSSR count). The third-order valence-electron chi connectivity index (χ3n) is 1.92. The molecule has 5 heteroatoms. The molecule has 0 heterocycles. The normalized spacial score (nSPS) is 12.4. The lowest BCUT2D eigenvalue weighted by molar-refractivity contribution is -0.109. The Balaban J connectivity index is 3.22. The average Bonchev–Trinajstić information content (AvgIpc) is 2.19. The Labute approximate surface area is 113 Å². The van der Waals surface area contributed by atoms with Crippen LogP contribution in [0.25, 0.3) is 0 Å². The molecule has 0 fully saturated rings. The number of benzene rings is 1. The van der Waals surface area contributed by atoms with Gasteiger partial charge in [0.1, 0.15) is 0 Å². The van der Waals surface area contributed by atoms with Gasteiger partial charge in [-0.3, -0.25) is 4.79 Å². The zero-order chi connectivity index (χ0) is 12.2. The maximum atomic E-state index is 10.3. The molecule has 1 aromatic carbocycles. The molecule has 1 N–H and O–H groups in total. The van der Waals surface area contributed by atoms with Crippen LogP contribution >= 0.6 is 34.2 Å². The first-order chi connectivity index (χ1) is 7.46. The first kappa shape index (κ1) is 13.4. The summed E-state index contributed by atoms with van der Waals surface area (Å²) in [6.45, 7) is 3.67. The number of carbonyl (C=O) groups excluding carboxylic acids is 1. The van der Waals surface area contributed by atoms with Gasteiger partial charge in [-0.05, 0) is 42.5 Å². The van der Waals surface area contributed by atoms with Gasteiger partial charge in [-0.25, -0.2) is 5.43 Å². The maximum Gasteiger partial charge on any atom is 0.227 e. The van der Waals surface area contributed by atoms with E-state index in [-0.39, 0.29) is 0 Å². The van der Waals surface area contributed by atoms with Gasteiger partial charge in [0.15, 0.2) is 0 Å². The van der Waals surface area contributed by atoms with Crippen LogP contribution in [0.5, 0.6) is 0 Å². The second kappa shape index (κ2) is 5.63. The highest BCUT2D eigenvalue weighted by Crippen LogP contribution is 2.23. The highest BCUT2D eigenvalue weighted by atomic mass is 127. The van der Waals surface area contributed by atoms with Crippen LogP contribution < -0.4 is 5.43 Å². The van der Waals surface area contributed by atoms with E-state index in [1.165, 1.54) is 0 Å². The lowest BCUT2D eigenvalue weighted by Gasteiger charge is -2.19. The largest absolute Gasteiger partial charge is 0.277 e. The maximum absolute atomic E-state index is 10.3. The van der Waals surface area contributed by atoms with Crippen molar-refractivity contribution in [1.29, 1.82) is 0 Å². The van der Waals surface area contributed by atoms with Crippen LogP contribution in [0.15, 0.2) is 29.4 Å². The summed E-state index contributed by atoms with van der Waals surface area (Å²) < 4.78 is 1.04. The van der Waals surface area contributed by atoms with E-state index in [9.17, 15) is 4.79 Å². The summed E-state index contributed by atoms with van der Waals surface area (Å²) in [7, 11) is 0. The number of hydrazone groups is 1. The van der Waals surface area contributed by atoms with Crippen LogP contribution in [-0.4, -0.2) is 17.0 Å². The van der Waals surface area contributed by atoms with Gasteiger partial charge in [-0.15, -0.1) is 11.6 Å². The van der Waals surface area contributed by atoms with Gasteiger partial charge in [0.2, 0.25) is 6.41 Å². The second-order valence-electron chi connectivity index (χ2n) is 3.66. The first-order valence-electron chi connectivity index (χ1n) is 4.68. The SMILES string of the molecule is CC(C)(Cl)C(=NNC=O)c1ccccc1I. The van der Waals surface area contributed by atoms with Crippen molar-refractivity contribution in [3.8, 4) is 0 Å². The Morgan fingerprint density at radius 1 is 1.50 bits per heavy atom. The summed E-state index contributed by atoms with van der Waals surface area (Å²) >= 11 is 8.46. The van der Waals surface area contributed by atoms with Gasteiger partial charge in [-0.1, -0.05) is 18.2 Å². The molecular weight excluding hydrogens is 338 g/mol. The molecule has 16 heavy (non-hydrogen) atoms. The zero-order valence-electron chi connectivity index (χ0n) is 9.00. The predicted molar refractivity (Wildman–Crippen MR) is 74.8 cm³/mol. The topological polar surface area (TPSA) is 41.5 Å². The van der Waals surface area contributed by atoms with E-state index in [4.69, 9.17) is 11.6 Å². The van der Waals surface area contributed by atoms with Crippen molar-refractivity contribution in [1.82, 2.24) is 5.43 Å². The van der Waals surface area contributed by atoms with Crippen molar-refractivity contribution in [2.24, 2.45) is 5.10 Å². The van der Waals surface area contributed by atoms with E-state index in [1.54, 1.807) is 0 Å². The third kappa shape index (κ3) is 3.45. The molecule has 0 atom stereocenters.